The molecular formula is C20H38N2O11. The summed E-state index contributed by atoms with van der Waals surface area (Å²) in [6, 6.07) is 0. The van der Waals surface area contributed by atoms with Gasteiger partial charge in [0.2, 0.25) is 5.91 Å². The molecule has 0 aromatic heterocycles. The fourth-order valence-electron chi connectivity index (χ4n) is 2.95. The van der Waals surface area contributed by atoms with Crippen LogP contribution in [0.2, 0.25) is 0 Å². The summed E-state index contributed by atoms with van der Waals surface area (Å²) in [7, 11) is 1.31. The van der Waals surface area contributed by atoms with Gasteiger partial charge in [-0.05, 0) is 12.8 Å². The number of hydrogen-bond acceptors (Lipinski definition) is 11. The van der Waals surface area contributed by atoms with E-state index in [1.807, 2.05) is 0 Å². The SMILES string of the molecule is COC(=O)NCCCCCC(=O)NCCOCCOCCO[C@H]1OC(CO)[C@@H](O)[C@H](O)C1O. The van der Waals surface area contributed by atoms with Crippen molar-refractivity contribution in [3.05, 3.63) is 0 Å². The van der Waals surface area contributed by atoms with Crippen LogP contribution in [0, 0.1) is 0 Å². The summed E-state index contributed by atoms with van der Waals surface area (Å²) in [4.78, 5) is 22.6. The van der Waals surface area contributed by atoms with E-state index < -0.39 is 43.4 Å². The van der Waals surface area contributed by atoms with E-state index in [0.717, 1.165) is 19.3 Å². The lowest BCUT2D eigenvalue weighted by Gasteiger charge is -2.39. The average Bonchev–Trinajstić information content (AvgIpc) is 2.81. The Labute approximate surface area is 193 Å². The minimum Gasteiger partial charge on any atom is -0.453 e. The Kier molecular flexibility index (Phi) is 15.9. The second-order valence-electron chi connectivity index (χ2n) is 7.37. The van der Waals surface area contributed by atoms with E-state index in [1.54, 1.807) is 0 Å². The molecule has 0 radical (unpaired) electrons. The maximum absolute atomic E-state index is 11.7. The molecule has 13 heteroatoms. The standard InChI is InChI=1S/C20H38N2O11/c1-29-20(28)22-6-4-2-3-5-15(24)21-7-8-30-9-10-31-11-12-32-19-18(27)17(26)16(25)14(13-23)33-19/h14,16-19,23,25-27H,2-13H2,1H3,(H,21,24)(H,22,28)/t14?,16-,17+,18?,19+/m1/s1. The number of alkyl carbamates (subject to hydrolysis) is 1. The molecule has 33 heavy (non-hydrogen) atoms. The molecule has 2 amide bonds. The van der Waals surface area contributed by atoms with Gasteiger partial charge in [-0.1, -0.05) is 6.42 Å². The van der Waals surface area contributed by atoms with Crippen LogP contribution in [0.4, 0.5) is 4.79 Å². The largest absolute Gasteiger partial charge is 0.453 e. The van der Waals surface area contributed by atoms with Crippen molar-refractivity contribution in [2.75, 3.05) is 59.8 Å². The highest BCUT2D eigenvalue weighted by Crippen LogP contribution is 2.21. The maximum atomic E-state index is 11.7. The Bertz CT molecular complexity index is 538. The first kappa shape index (κ1) is 29.5. The number of amides is 2. The van der Waals surface area contributed by atoms with Gasteiger partial charge >= 0.3 is 6.09 Å². The first-order valence-electron chi connectivity index (χ1n) is 11.1. The van der Waals surface area contributed by atoms with Gasteiger partial charge in [0.25, 0.3) is 0 Å². The Morgan fingerprint density at radius 3 is 2.24 bits per heavy atom. The van der Waals surface area contributed by atoms with Gasteiger partial charge in [-0.2, -0.15) is 0 Å². The van der Waals surface area contributed by atoms with Crippen molar-refractivity contribution in [3.63, 3.8) is 0 Å². The van der Waals surface area contributed by atoms with Gasteiger partial charge in [-0.3, -0.25) is 4.79 Å². The van der Waals surface area contributed by atoms with E-state index in [4.69, 9.17) is 24.1 Å². The van der Waals surface area contributed by atoms with E-state index in [-0.39, 0.29) is 19.1 Å². The van der Waals surface area contributed by atoms with Gasteiger partial charge in [0.05, 0.1) is 46.8 Å². The van der Waals surface area contributed by atoms with Crippen LogP contribution < -0.4 is 10.6 Å². The molecule has 194 valence electrons. The molecule has 0 bridgehead atoms. The summed E-state index contributed by atoms with van der Waals surface area (Å²) < 4.78 is 25.6. The molecule has 1 aliphatic rings. The number of nitrogens with one attached hydrogen (secondary N) is 2. The van der Waals surface area contributed by atoms with Crippen LogP contribution in [0.5, 0.6) is 0 Å². The van der Waals surface area contributed by atoms with Gasteiger partial charge in [0.1, 0.15) is 24.4 Å². The monoisotopic (exact) mass is 482 g/mol. The van der Waals surface area contributed by atoms with Crippen molar-refractivity contribution >= 4 is 12.0 Å². The van der Waals surface area contributed by atoms with Gasteiger partial charge in [0.15, 0.2) is 6.29 Å². The number of aliphatic hydroxyl groups excluding tert-OH is 4. The zero-order chi connectivity index (χ0) is 24.5. The number of carbonyl (C=O) groups excluding carboxylic acids is 2. The molecule has 2 unspecified atom stereocenters. The van der Waals surface area contributed by atoms with Crippen LogP contribution in [0.1, 0.15) is 25.7 Å². The predicted octanol–water partition coefficient (Wildman–Crippen LogP) is -2.13. The minimum absolute atomic E-state index is 0.0545. The number of methoxy groups -OCH3 is 1. The number of carbonyl (C=O) groups is 2. The number of unbranched alkanes of at least 4 members (excludes halogenated alkanes) is 2. The molecule has 0 aromatic rings. The van der Waals surface area contributed by atoms with Crippen LogP contribution in [-0.2, 0) is 28.5 Å². The molecule has 13 nitrogen and oxygen atoms in total. The summed E-state index contributed by atoms with van der Waals surface area (Å²) in [5.74, 6) is -0.0545. The molecule has 1 rings (SSSR count). The lowest BCUT2D eigenvalue weighted by molar-refractivity contribution is -0.302. The molecule has 0 spiro atoms. The van der Waals surface area contributed by atoms with Crippen molar-refractivity contribution in [2.24, 2.45) is 0 Å². The summed E-state index contributed by atoms with van der Waals surface area (Å²) in [6.07, 6.45) is -4.26. The zero-order valence-electron chi connectivity index (χ0n) is 19.0. The molecular weight excluding hydrogens is 444 g/mol. The van der Waals surface area contributed by atoms with Gasteiger partial charge in [-0.25, -0.2) is 4.79 Å². The van der Waals surface area contributed by atoms with Crippen LogP contribution in [-0.4, -0.2) is 123 Å². The predicted molar refractivity (Wildman–Crippen MR) is 113 cm³/mol. The summed E-state index contributed by atoms with van der Waals surface area (Å²) in [6.45, 7) is 1.61. The summed E-state index contributed by atoms with van der Waals surface area (Å²) in [5.41, 5.74) is 0. The third-order valence-corrected chi connectivity index (χ3v) is 4.83. The van der Waals surface area contributed by atoms with Crippen molar-refractivity contribution < 1.29 is 53.7 Å². The Morgan fingerprint density at radius 2 is 1.55 bits per heavy atom. The summed E-state index contributed by atoms with van der Waals surface area (Å²) in [5, 5.41) is 43.7. The topological polar surface area (TPSA) is 185 Å². The number of aliphatic hydroxyl groups is 4. The summed E-state index contributed by atoms with van der Waals surface area (Å²) >= 11 is 0. The molecule has 0 aliphatic carbocycles. The lowest BCUT2D eigenvalue weighted by Crippen LogP contribution is -2.59. The number of ether oxygens (including phenoxy) is 5. The average molecular weight is 483 g/mol. The highest BCUT2D eigenvalue weighted by molar-refractivity contribution is 5.75. The Morgan fingerprint density at radius 1 is 0.848 bits per heavy atom. The van der Waals surface area contributed by atoms with Gasteiger partial charge < -0.3 is 54.7 Å². The molecule has 1 saturated heterocycles. The fraction of sp³-hybridized carbons (Fsp3) is 0.900. The molecule has 1 fully saturated rings. The fourth-order valence-corrected chi connectivity index (χ4v) is 2.95. The highest BCUT2D eigenvalue weighted by atomic mass is 16.7. The third kappa shape index (κ3) is 12.5. The Balaban J connectivity index is 1.91. The molecule has 1 heterocycles. The zero-order valence-corrected chi connectivity index (χ0v) is 19.0. The second kappa shape index (κ2) is 17.8. The van der Waals surface area contributed by atoms with Crippen molar-refractivity contribution in [2.45, 2.75) is 56.4 Å². The molecule has 0 aromatic carbocycles. The van der Waals surface area contributed by atoms with Crippen LogP contribution >= 0.6 is 0 Å². The third-order valence-electron chi connectivity index (χ3n) is 4.83. The molecule has 5 atom stereocenters. The first-order chi connectivity index (χ1) is 15.9. The Hall–Kier alpha value is -1.58. The molecule has 1 aliphatic heterocycles. The smallest absolute Gasteiger partial charge is 0.406 e. The number of hydrogen-bond donors (Lipinski definition) is 6. The maximum Gasteiger partial charge on any atom is 0.406 e. The van der Waals surface area contributed by atoms with Crippen molar-refractivity contribution in [1.29, 1.82) is 0 Å². The van der Waals surface area contributed by atoms with Crippen LogP contribution in [0.15, 0.2) is 0 Å². The van der Waals surface area contributed by atoms with E-state index in [0.29, 0.717) is 39.3 Å². The molecule has 6 N–H and O–H groups in total. The quantitative estimate of drug-likeness (QED) is 0.124. The first-order valence-corrected chi connectivity index (χ1v) is 11.1. The second-order valence-corrected chi connectivity index (χ2v) is 7.37. The van der Waals surface area contributed by atoms with Gasteiger partial charge in [-0.15, -0.1) is 0 Å². The van der Waals surface area contributed by atoms with E-state index in [1.165, 1.54) is 7.11 Å². The van der Waals surface area contributed by atoms with E-state index in [9.17, 15) is 24.9 Å². The van der Waals surface area contributed by atoms with E-state index in [2.05, 4.69) is 15.4 Å². The molecule has 0 saturated carbocycles. The normalized spacial score (nSPS) is 24.9. The minimum atomic E-state index is -1.48. The number of rotatable bonds is 17. The van der Waals surface area contributed by atoms with Crippen LogP contribution in [0.25, 0.3) is 0 Å². The van der Waals surface area contributed by atoms with Gasteiger partial charge in [0, 0.05) is 19.5 Å². The van der Waals surface area contributed by atoms with Crippen molar-refractivity contribution in [1.82, 2.24) is 10.6 Å². The lowest BCUT2D eigenvalue weighted by atomic mass is 9.99. The van der Waals surface area contributed by atoms with Crippen molar-refractivity contribution in [3.8, 4) is 0 Å². The highest BCUT2D eigenvalue weighted by Gasteiger charge is 2.43. The van der Waals surface area contributed by atoms with Crippen LogP contribution in [0.3, 0.4) is 0 Å². The van der Waals surface area contributed by atoms with E-state index >= 15 is 0 Å².